The Morgan fingerprint density at radius 2 is 1.52 bits per heavy atom. The number of halogens is 5. The minimum atomic E-state index is -0.747. The van der Waals surface area contributed by atoms with Crippen molar-refractivity contribution in [1.82, 2.24) is 9.88 Å². The SMILES string of the molecule is CCCCN(CCCC)CC(O)c1cc(-c2c(Cl)cccc2Cl)nc2c(Cl)cc(Cl)cc12.Cl. The van der Waals surface area contributed by atoms with Gasteiger partial charge in [0.1, 0.15) is 0 Å². The minimum absolute atomic E-state index is 0. The van der Waals surface area contributed by atoms with Gasteiger partial charge in [0.15, 0.2) is 0 Å². The molecule has 8 heteroatoms. The maximum Gasteiger partial charge on any atom is 0.0924 e. The highest BCUT2D eigenvalue weighted by atomic mass is 35.5. The first-order valence-electron chi connectivity index (χ1n) is 11.0. The lowest BCUT2D eigenvalue weighted by atomic mass is 9.99. The molecule has 1 unspecified atom stereocenters. The van der Waals surface area contributed by atoms with Gasteiger partial charge in [-0.05, 0) is 61.8 Å². The summed E-state index contributed by atoms with van der Waals surface area (Å²) in [6, 6.07) is 10.6. The molecule has 180 valence electrons. The van der Waals surface area contributed by atoms with Crippen LogP contribution in [0.2, 0.25) is 20.1 Å². The number of aromatic nitrogens is 1. The number of benzene rings is 2. The maximum absolute atomic E-state index is 11.4. The van der Waals surface area contributed by atoms with E-state index in [0.29, 0.717) is 49.0 Å². The van der Waals surface area contributed by atoms with Gasteiger partial charge in [-0.15, -0.1) is 12.4 Å². The van der Waals surface area contributed by atoms with Gasteiger partial charge in [-0.3, -0.25) is 0 Å². The van der Waals surface area contributed by atoms with Crippen LogP contribution in [0, 0.1) is 0 Å². The van der Waals surface area contributed by atoms with Crippen LogP contribution in [0.1, 0.15) is 51.2 Å². The van der Waals surface area contributed by atoms with E-state index in [0.717, 1.165) is 44.2 Å². The summed E-state index contributed by atoms with van der Waals surface area (Å²) in [5.41, 5.74) is 2.46. The second kappa shape index (κ2) is 13.3. The fraction of sp³-hybridized carbons (Fsp3) is 0.400. The number of aliphatic hydroxyl groups is 1. The van der Waals surface area contributed by atoms with Gasteiger partial charge >= 0.3 is 0 Å². The molecule has 0 aliphatic rings. The molecule has 1 heterocycles. The number of unbranched alkanes of at least 4 members (excludes halogenated alkanes) is 2. The van der Waals surface area contributed by atoms with E-state index in [1.807, 2.05) is 6.07 Å². The Balaban J connectivity index is 0.00000385. The third-order valence-corrected chi connectivity index (χ3v) is 6.66. The first-order chi connectivity index (χ1) is 15.3. The second-order valence-electron chi connectivity index (χ2n) is 8.00. The normalized spacial score (nSPS) is 12.2. The first-order valence-corrected chi connectivity index (χ1v) is 12.5. The second-order valence-corrected chi connectivity index (χ2v) is 9.66. The molecule has 1 atom stereocenters. The molecule has 3 rings (SSSR count). The zero-order valence-corrected chi connectivity index (χ0v) is 22.6. The van der Waals surface area contributed by atoms with E-state index >= 15 is 0 Å². The number of nitrogens with zero attached hydrogens (tertiary/aromatic N) is 2. The molecule has 0 bridgehead atoms. The van der Waals surface area contributed by atoms with Gasteiger partial charge in [0, 0.05) is 22.5 Å². The van der Waals surface area contributed by atoms with Gasteiger partial charge in [0.05, 0.1) is 32.4 Å². The van der Waals surface area contributed by atoms with Crippen molar-refractivity contribution >= 4 is 69.7 Å². The zero-order valence-electron chi connectivity index (χ0n) is 18.8. The smallest absolute Gasteiger partial charge is 0.0924 e. The summed E-state index contributed by atoms with van der Waals surface area (Å²) in [5, 5.41) is 14.0. The number of rotatable bonds is 10. The van der Waals surface area contributed by atoms with Gasteiger partial charge in [0.2, 0.25) is 0 Å². The van der Waals surface area contributed by atoms with Crippen molar-refractivity contribution in [2.45, 2.75) is 45.6 Å². The summed E-state index contributed by atoms with van der Waals surface area (Å²) in [6.45, 7) is 6.75. The van der Waals surface area contributed by atoms with Gasteiger partial charge in [-0.1, -0.05) is 79.2 Å². The van der Waals surface area contributed by atoms with Gasteiger partial charge in [-0.2, -0.15) is 0 Å². The molecular formula is C25H29Cl5N2O. The van der Waals surface area contributed by atoms with Crippen LogP contribution in [0.5, 0.6) is 0 Å². The standard InChI is InChI=1S/C25H28Cl4N2O.ClH/c1-3-5-10-31(11-6-4-2)15-23(32)17-14-22(24-19(27)8-7-9-20(24)28)30-25-18(17)12-16(26)13-21(25)29;/h7-9,12-14,23,32H,3-6,10-11,15H2,1-2H3;1H. The topological polar surface area (TPSA) is 36.4 Å². The Kier molecular flexibility index (Phi) is 11.5. The highest BCUT2D eigenvalue weighted by Crippen LogP contribution is 2.39. The van der Waals surface area contributed by atoms with E-state index in [9.17, 15) is 5.11 Å². The molecule has 1 aromatic heterocycles. The van der Waals surface area contributed by atoms with Crippen LogP contribution >= 0.6 is 58.8 Å². The lowest BCUT2D eigenvalue weighted by molar-refractivity contribution is 0.112. The Hall–Kier alpha value is -0.780. The van der Waals surface area contributed by atoms with Crippen LogP contribution in [0.4, 0.5) is 0 Å². The highest BCUT2D eigenvalue weighted by Gasteiger charge is 2.21. The Bertz CT molecular complexity index is 1050. The van der Waals surface area contributed by atoms with E-state index in [2.05, 4.69) is 18.7 Å². The van der Waals surface area contributed by atoms with Crippen molar-refractivity contribution in [1.29, 1.82) is 0 Å². The van der Waals surface area contributed by atoms with Gasteiger partial charge in [-0.25, -0.2) is 4.98 Å². The van der Waals surface area contributed by atoms with E-state index in [1.54, 1.807) is 30.3 Å². The third kappa shape index (κ3) is 7.11. The molecule has 0 saturated heterocycles. The predicted molar refractivity (Wildman–Crippen MR) is 146 cm³/mol. The number of pyridine rings is 1. The molecule has 0 saturated carbocycles. The number of fused-ring (bicyclic) bond motifs is 1. The Morgan fingerprint density at radius 3 is 2.09 bits per heavy atom. The fourth-order valence-electron chi connectivity index (χ4n) is 3.82. The van der Waals surface area contributed by atoms with Crippen LogP contribution in [0.25, 0.3) is 22.2 Å². The zero-order chi connectivity index (χ0) is 23.3. The monoisotopic (exact) mass is 548 g/mol. The largest absolute Gasteiger partial charge is 0.387 e. The molecule has 0 radical (unpaired) electrons. The van der Waals surface area contributed by atoms with Gasteiger partial charge in [0.25, 0.3) is 0 Å². The lowest BCUT2D eigenvalue weighted by Crippen LogP contribution is -2.31. The van der Waals surface area contributed by atoms with E-state index in [1.165, 1.54) is 0 Å². The number of aliphatic hydroxyl groups excluding tert-OH is 1. The molecule has 0 amide bonds. The quantitative estimate of drug-likeness (QED) is 0.274. The summed E-state index contributed by atoms with van der Waals surface area (Å²) in [4.78, 5) is 7.06. The average molecular weight is 551 g/mol. The number of hydrogen-bond donors (Lipinski definition) is 1. The average Bonchev–Trinajstić information content (AvgIpc) is 2.75. The van der Waals surface area contributed by atoms with Crippen molar-refractivity contribution in [2.24, 2.45) is 0 Å². The predicted octanol–water partition coefficient (Wildman–Crippen LogP) is 8.87. The van der Waals surface area contributed by atoms with E-state index < -0.39 is 6.10 Å². The summed E-state index contributed by atoms with van der Waals surface area (Å²) in [7, 11) is 0. The lowest BCUT2D eigenvalue weighted by Gasteiger charge is -2.26. The minimum Gasteiger partial charge on any atom is -0.387 e. The molecule has 0 aliphatic carbocycles. The molecule has 0 aliphatic heterocycles. The van der Waals surface area contributed by atoms with Gasteiger partial charge < -0.3 is 10.0 Å². The molecular weight excluding hydrogens is 522 g/mol. The molecule has 0 fully saturated rings. The summed E-state index contributed by atoms with van der Waals surface area (Å²) in [6.07, 6.45) is 3.65. The summed E-state index contributed by atoms with van der Waals surface area (Å²) in [5.74, 6) is 0. The Morgan fingerprint density at radius 1 is 0.909 bits per heavy atom. The third-order valence-electron chi connectivity index (χ3n) is 5.53. The fourth-order valence-corrected chi connectivity index (χ4v) is 4.95. The highest BCUT2D eigenvalue weighted by molar-refractivity contribution is 6.40. The molecule has 2 aromatic carbocycles. The van der Waals surface area contributed by atoms with Crippen LogP contribution in [-0.2, 0) is 0 Å². The van der Waals surface area contributed by atoms with Crippen molar-refractivity contribution < 1.29 is 5.11 Å². The first kappa shape index (κ1) is 28.5. The van der Waals surface area contributed by atoms with Crippen molar-refractivity contribution in [2.75, 3.05) is 19.6 Å². The van der Waals surface area contributed by atoms with Crippen molar-refractivity contribution in [3.8, 4) is 11.3 Å². The number of hydrogen-bond acceptors (Lipinski definition) is 3. The molecule has 1 N–H and O–H groups in total. The molecule has 0 spiro atoms. The summed E-state index contributed by atoms with van der Waals surface area (Å²) >= 11 is 25.7. The Labute approximate surface area is 222 Å². The van der Waals surface area contributed by atoms with Crippen LogP contribution < -0.4 is 0 Å². The van der Waals surface area contributed by atoms with Crippen molar-refractivity contribution in [3.63, 3.8) is 0 Å². The van der Waals surface area contributed by atoms with Crippen molar-refractivity contribution in [3.05, 3.63) is 62.1 Å². The molecule has 3 aromatic rings. The van der Waals surface area contributed by atoms with E-state index in [4.69, 9.17) is 51.4 Å². The van der Waals surface area contributed by atoms with E-state index in [-0.39, 0.29) is 12.4 Å². The van der Waals surface area contributed by atoms with Crippen LogP contribution in [0.3, 0.4) is 0 Å². The maximum atomic E-state index is 11.4. The van der Waals surface area contributed by atoms with Crippen LogP contribution in [-0.4, -0.2) is 34.6 Å². The molecule has 3 nitrogen and oxygen atoms in total. The van der Waals surface area contributed by atoms with Crippen LogP contribution in [0.15, 0.2) is 36.4 Å². The molecule has 33 heavy (non-hydrogen) atoms. The summed E-state index contributed by atoms with van der Waals surface area (Å²) < 4.78 is 0.